The van der Waals surface area contributed by atoms with Crippen LogP contribution in [-0.4, -0.2) is 66.3 Å². The Hall–Kier alpha value is -3.42. The van der Waals surface area contributed by atoms with E-state index in [1.807, 2.05) is 0 Å². The van der Waals surface area contributed by atoms with Crippen LogP contribution in [0, 0.1) is 5.82 Å². The molecule has 0 bridgehead atoms. The van der Waals surface area contributed by atoms with Gasteiger partial charge in [0.25, 0.3) is 5.91 Å². The number of rotatable bonds is 4. The Bertz CT molecular complexity index is 961. The third kappa shape index (κ3) is 3.85. The molecule has 156 valence electrons. The first-order chi connectivity index (χ1) is 14.5. The third-order valence-corrected chi connectivity index (χ3v) is 5.56. The number of fused-ring (bicyclic) bond motifs is 1. The molecule has 4 rings (SSSR count). The number of carbonyl (C=O) groups is 3. The van der Waals surface area contributed by atoms with Gasteiger partial charge in [0.1, 0.15) is 23.7 Å². The van der Waals surface area contributed by atoms with Crippen LogP contribution in [0.15, 0.2) is 48.5 Å². The fraction of sp³-hybridized carbons (Fsp3) is 0.318. The van der Waals surface area contributed by atoms with Crippen molar-refractivity contribution in [3.8, 4) is 5.75 Å². The summed E-state index contributed by atoms with van der Waals surface area (Å²) in [6, 6.07) is 11.2. The van der Waals surface area contributed by atoms with Crippen LogP contribution in [0.1, 0.15) is 15.9 Å². The Morgan fingerprint density at radius 3 is 2.47 bits per heavy atom. The highest BCUT2D eigenvalue weighted by atomic mass is 19.1. The Kier molecular flexibility index (Phi) is 5.39. The van der Waals surface area contributed by atoms with Gasteiger partial charge in [-0.05, 0) is 42.0 Å². The van der Waals surface area contributed by atoms with Gasteiger partial charge >= 0.3 is 0 Å². The topological polar surface area (TPSA) is 79.0 Å². The van der Waals surface area contributed by atoms with Crippen molar-refractivity contribution in [3.63, 3.8) is 0 Å². The molecule has 8 heteroatoms. The van der Waals surface area contributed by atoms with Gasteiger partial charge in [0.15, 0.2) is 0 Å². The van der Waals surface area contributed by atoms with E-state index in [0.717, 1.165) is 5.56 Å². The minimum Gasteiger partial charge on any atom is -0.497 e. The van der Waals surface area contributed by atoms with Gasteiger partial charge in [0, 0.05) is 25.1 Å². The molecule has 2 aliphatic heterocycles. The second kappa shape index (κ2) is 8.14. The van der Waals surface area contributed by atoms with E-state index in [2.05, 4.69) is 5.32 Å². The van der Waals surface area contributed by atoms with Crippen LogP contribution in [0.4, 0.5) is 4.39 Å². The summed E-state index contributed by atoms with van der Waals surface area (Å²) in [6.07, 6.45) is 0.294. The highest BCUT2D eigenvalue weighted by Crippen LogP contribution is 2.21. The number of piperazine rings is 2. The minimum absolute atomic E-state index is 0.145. The van der Waals surface area contributed by atoms with E-state index in [-0.39, 0.29) is 30.1 Å². The van der Waals surface area contributed by atoms with Crippen LogP contribution in [-0.2, 0) is 16.0 Å². The van der Waals surface area contributed by atoms with Gasteiger partial charge in [-0.2, -0.15) is 0 Å². The summed E-state index contributed by atoms with van der Waals surface area (Å²) in [6.45, 7) is 0.786. The molecule has 2 aliphatic rings. The fourth-order valence-electron chi connectivity index (χ4n) is 3.90. The van der Waals surface area contributed by atoms with Crippen LogP contribution in [0.25, 0.3) is 0 Å². The predicted molar refractivity (Wildman–Crippen MR) is 106 cm³/mol. The van der Waals surface area contributed by atoms with Crippen molar-refractivity contribution in [1.29, 1.82) is 0 Å². The summed E-state index contributed by atoms with van der Waals surface area (Å²) in [5.74, 6) is -0.350. The molecule has 2 saturated heterocycles. The maximum absolute atomic E-state index is 13.1. The monoisotopic (exact) mass is 411 g/mol. The molecule has 2 unspecified atom stereocenters. The zero-order valence-electron chi connectivity index (χ0n) is 16.5. The van der Waals surface area contributed by atoms with Crippen molar-refractivity contribution in [3.05, 3.63) is 65.5 Å². The number of benzene rings is 2. The van der Waals surface area contributed by atoms with Gasteiger partial charge in [0.05, 0.1) is 13.7 Å². The standard InChI is InChI=1S/C22H22FN3O4/c1-30-17-8-4-15(5-9-17)21(28)25-10-11-26-19(13-25)20(27)24-18(22(26)29)12-14-2-6-16(23)7-3-14/h2-9,18-19H,10-13H2,1H3,(H,24,27). The van der Waals surface area contributed by atoms with E-state index in [4.69, 9.17) is 4.74 Å². The molecule has 30 heavy (non-hydrogen) atoms. The molecule has 0 spiro atoms. The Morgan fingerprint density at radius 1 is 1.10 bits per heavy atom. The molecule has 0 saturated carbocycles. The van der Waals surface area contributed by atoms with Crippen molar-refractivity contribution in [1.82, 2.24) is 15.1 Å². The van der Waals surface area contributed by atoms with E-state index in [1.54, 1.807) is 53.3 Å². The van der Waals surface area contributed by atoms with Crippen LogP contribution in [0.2, 0.25) is 0 Å². The molecule has 2 heterocycles. The first-order valence-corrected chi connectivity index (χ1v) is 9.75. The van der Waals surface area contributed by atoms with Crippen molar-refractivity contribution < 1.29 is 23.5 Å². The lowest BCUT2D eigenvalue weighted by molar-refractivity contribution is -0.152. The first kappa shape index (κ1) is 19.9. The van der Waals surface area contributed by atoms with E-state index in [9.17, 15) is 18.8 Å². The van der Waals surface area contributed by atoms with Crippen molar-refractivity contribution in [2.45, 2.75) is 18.5 Å². The number of hydrogen-bond donors (Lipinski definition) is 1. The average Bonchev–Trinajstić information content (AvgIpc) is 2.78. The van der Waals surface area contributed by atoms with Gasteiger partial charge < -0.3 is 19.9 Å². The van der Waals surface area contributed by atoms with E-state index in [0.29, 0.717) is 30.8 Å². The van der Waals surface area contributed by atoms with E-state index >= 15 is 0 Å². The van der Waals surface area contributed by atoms with Crippen molar-refractivity contribution in [2.75, 3.05) is 26.7 Å². The number of carbonyl (C=O) groups excluding carboxylic acids is 3. The molecule has 0 aromatic heterocycles. The van der Waals surface area contributed by atoms with Gasteiger partial charge in [-0.1, -0.05) is 12.1 Å². The molecule has 0 aliphatic carbocycles. The largest absolute Gasteiger partial charge is 0.497 e. The summed E-state index contributed by atoms with van der Waals surface area (Å²) < 4.78 is 18.2. The van der Waals surface area contributed by atoms with Crippen LogP contribution in [0.5, 0.6) is 5.75 Å². The average molecular weight is 411 g/mol. The smallest absolute Gasteiger partial charge is 0.254 e. The zero-order chi connectivity index (χ0) is 21.3. The SMILES string of the molecule is COc1ccc(C(=O)N2CCN3C(=O)C(Cc4ccc(F)cc4)NC(=O)C3C2)cc1. The number of nitrogens with zero attached hydrogens (tertiary/aromatic N) is 2. The summed E-state index contributed by atoms with van der Waals surface area (Å²) in [7, 11) is 1.55. The van der Waals surface area contributed by atoms with E-state index in [1.165, 1.54) is 12.1 Å². The van der Waals surface area contributed by atoms with E-state index < -0.39 is 12.1 Å². The summed E-state index contributed by atoms with van der Waals surface area (Å²) in [5.41, 5.74) is 1.27. The number of hydrogen-bond acceptors (Lipinski definition) is 4. The lowest BCUT2D eigenvalue weighted by Crippen LogP contribution is -2.70. The van der Waals surface area contributed by atoms with Gasteiger partial charge in [-0.25, -0.2) is 4.39 Å². The molecule has 3 amide bonds. The highest BCUT2D eigenvalue weighted by Gasteiger charge is 2.44. The quantitative estimate of drug-likeness (QED) is 0.821. The van der Waals surface area contributed by atoms with Gasteiger partial charge in [0.2, 0.25) is 11.8 Å². The summed E-state index contributed by atoms with van der Waals surface area (Å²) >= 11 is 0. The molecule has 2 atom stereocenters. The normalized spacial score (nSPS) is 21.1. The number of ether oxygens (including phenoxy) is 1. The molecule has 7 nitrogen and oxygen atoms in total. The first-order valence-electron chi connectivity index (χ1n) is 9.75. The lowest BCUT2D eigenvalue weighted by Gasteiger charge is -2.45. The van der Waals surface area contributed by atoms with Crippen LogP contribution >= 0.6 is 0 Å². The lowest BCUT2D eigenvalue weighted by atomic mass is 9.98. The van der Waals surface area contributed by atoms with Gasteiger partial charge in [-0.3, -0.25) is 14.4 Å². The molecule has 2 fully saturated rings. The second-order valence-electron chi connectivity index (χ2n) is 7.42. The van der Waals surface area contributed by atoms with Crippen molar-refractivity contribution >= 4 is 17.7 Å². The molecule has 1 N–H and O–H groups in total. The van der Waals surface area contributed by atoms with Crippen molar-refractivity contribution in [2.24, 2.45) is 0 Å². The summed E-state index contributed by atoms with van der Waals surface area (Å²) in [5, 5.41) is 2.76. The fourth-order valence-corrected chi connectivity index (χ4v) is 3.90. The number of amides is 3. The molecule has 0 radical (unpaired) electrons. The number of methoxy groups -OCH3 is 1. The highest BCUT2D eigenvalue weighted by molar-refractivity contribution is 5.99. The predicted octanol–water partition coefficient (Wildman–Crippen LogP) is 1.23. The minimum atomic E-state index is -0.710. The number of nitrogens with one attached hydrogen (secondary N) is 1. The maximum atomic E-state index is 13.1. The zero-order valence-corrected chi connectivity index (χ0v) is 16.5. The summed E-state index contributed by atoms with van der Waals surface area (Å²) in [4.78, 5) is 41.6. The Balaban J connectivity index is 1.43. The van der Waals surface area contributed by atoms with Crippen LogP contribution in [0.3, 0.4) is 0 Å². The molecular formula is C22H22FN3O4. The second-order valence-corrected chi connectivity index (χ2v) is 7.42. The Morgan fingerprint density at radius 2 is 1.80 bits per heavy atom. The third-order valence-electron chi connectivity index (χ3n) is 5.56. The number of halogens is 1. The van der Waals surface area contributed by atoms with Gasteiger partial charge in [-0.15, -0.1) is 0 Å². The van der Waals surface area contributed by atoms with Crippen LogP contribution < -0.4 is 10.1 Å². The Labute approximate surface area is 173 Å². The maximum Gasteiger partial charge on any atom is 0.254 e. The molecule has 2 aromatic rings. The molecule has 2 aromatic carbocycles. The molecular weight excluding hydrogens is 389 g/mol.